The molecule has 2 aromatic carbocycles. The van der Waals surface area contributed by atoms with E-state index in [9.17, 15) is 27.2 Å². The molecule has 0 bridgehead atoms. The van der Waals surface area contributed by atoms with Crippen LogP contribution in [0, 0.1) is 18.6 Å². The fourth-order valence-electron chi connectivity index (χ4n) is 4.02. The summed E-state index contributed by atoms with van der Waals surface area (Å²) in [6.07, 6.45) is 1.55. The zero-order valence-corrected chi connectivity index (χ0v) is 21.9. The number of nitrogens with zero attached hydrogens (tertiary/aromatic N) is 6. The van der Waals surface area contributed by atoms with Crippen molar-refractivity contribution in [2.24, 2.45) is 0 Å². The van der Waals surface area contributed by atoms with Gasteiger partial charge in [-0.2, -0.15) is 10.1 Å². The van der Waals surface area contributed by atoms with Crippen LogP contribution in [0.4, 0.5) is 29.2 Å². The number of benzene rings is 2. The predicted octanol–water partition coefficient (Wildman–Crippen LogP) is 5.09. The Morgan fingerprint density at radius 1 is 1.00 bits per heavy atom. The largest absolute Gasteiger partial charge is 0.359 e. The Balaban J connectivity index is 1.66. The Morgan fingerprint density at radius 2 is 1.77 bits per heavy atom. The number of rotatable bonds is 7. The van der Waals surface area contributed by atoms with Crippen LogP contribution in [0.2, 0.25) is 10.0 Å². The zero-order chi connectivity index (χ0) is 28.7. The van der Waals surface area contributed by atoms with E-state index in [1.807, 2.05) is 0 Å². The van der Waals surface area contributed by atoms with Gasteiger partial charge >= 0.3 is 11.4 Å². The standard InChI is InChI=1S/C25H17Cl2F4N7O2/c1-12-2-15(8-32-7-12)38-24(39)34-23(37(25(38)40)10-13-3-16(26)19(29)6-18(13)28)33-21-4-14-9-36(11-22(30)31)35-20(14)5-17(21)27/h2-9,22H,10-11H2,1H3,(H,33,34,39). The summed E-state index contributed by atoms with van der Waals surface area (Å²) in [5.74, 6) is -2.30. The van der Waals surface area contributed by atoms with Gasteiger partial charge in [0.1, 0.15) is 18.2 Å². The van der Waals surface area contributed by atoms with E-state index in [4.69, 9.17) is 23.2 Å². The molecule has 15 heteroatoms. The summed E-state index contributed by atoms with van der Waals surface area (Å²) < 4.78 is 56.8. The molecule has 0 radical (unpaired) electrons. The molecule has 0 fully saturated rings. The van der Waals surface area contributed by atoms with E-state index in [2.05, 4.69) is 20.4 Å². The van der Waals surface area contributed by atoms with E-state index in [0.29, 0.717) is 22.5 Å². The second-order valence-corrected chi connectivity index (χ2v) is 9.57. The van der Waals surface area contributed by atoms with Crippen LogP contribution in [0.1, 0.15) is 11.1 Å². The van der Waals surface area contributed by atoms with Crippen LogP contribution in [0.25, 0.3) is 16.6 Å². The van der Waals surface area contributed by atoms with Crippen molar-refractivity contribution in [3.63, 3.8) is 0 Å². The monoisotopic (exact) mass is 593 g/mol. The highest BCUT2D eigenvalue weighted by atomic mass is 35.5. The second-order valence-electron chi connectivity index (χ2n) is 8.76. The van der Waals surface area contributed by atoms with Crippen molar-refractivity contribution < 1.29 is 17.6 Å². The molecule has 206 valence electrons. The molecular weight excluding hydrogens is 577 g/mol. The maximum Gasteiger partial charge on any atom is 0.359 e. The van der Waals surface area contributed by atoms with Crippen LogP contribution in [0.15, 0.2) is 58.5 Å². The molecule has 5 aromatic rings. The maximum atomic E-state index is 14.7. The summed E-state index contributed by atoms with van der Waals surface area (Å²) in [7, 11) is 0. The molecule has 0 saturated heterocycles. The van der Waals surface area contributed by atoms with Gasteiger partial charge in [0.05, 0.1) is 39.7 Å². The van der Waals surface area contributed by atoms with Gasteiger partial charge in [0.15, 0.2) is 0 Å². The summed E-state index contributed by atoms with van der Waals surface area (Å²) >= 11 is 12.2. The first-order chi connectivity index (χ1) is 19.0. The lowest BCUT2D eigenvalue weighted by Gasteiger charge is -2.17. The van der Waals surface area contributed by atoms with E-state index in [0.717, 1.165) is 19.9 Å². The SMILES string of the molecule is Cc1cncc(-n2c(=O)nc(Nc3cc4cn(CC(F)F)nc4cc3Cl)n(Cc3cc(Cl)c(F)cc3F)c2=O)c1. The molecule has 0 aliphatic carbocycles. The number of hydrogen-bond donors (Lipinski definition) is 1. The van der Waals surface area contributed by atoms with Gasteiger partial charge in [-0.3, -0.25) is 14.2 Å². The van der Waals surface area contributed by atoms with Crippen molar-refractivity contribution in [3.8, 4) is 5.69 Å². The highest BCUT2D eigenvalue weighted by molar-refractivity contribution is 6.34. The summed E-state index contributed by atoms with van der Waals surface area (Å²) in [6.45, 7) is 0.570. The minimum atomic E-state index is -2.63. The van der Waals surface area contributed by atoms with Crippen LogP contribution >= 0.6 is 23.2 Å². The van der Waals surface area contributed by atoms with Gasteiger partial charge in [-0.1, -0.05) is 23.2 Å². The molecule has 0 unspecified atom stereocenters. The van der Waals surface area contributed by atoms with E-state index in [1.54, 1.807) is 6.92 Å². The number of aromatic nitrogens is 6. The Morgan fingerprint density at radius 3 is 2.50 bits per heavy atom. The average Bonchev–Trinajstić information content (AvgIpc) is 3.24. The minimum Gasteiger partial charge on any atom is -0.324 e. The fraction of sp³-hybridized carbons (Fsp3) is 0.160. The Kier molecular flexibility index (Phi) is 7.34. The van der Waals surface area contributed by atoms with Crippen molar-refractivity contribution in [2.75, 3.05) is 5.32 Å². The smallest absolute Gasteiger partial charge is 0.324 e. The number of aryl methyl sites for hydroxylation is 1. The molecule has 9 nitrogen and oxygen atoms in total. The molecule has 3 aromatic heterocycles. The number of pyridine rings is 1. The topological polar surface area (TPSA) is 99.6 Å². The first-order valence-corrected chi connectivity index (χ1v) is 12.3. The van der Waals surface area contributed by atoms with Gasteiger partial charge < -0.3 is 5.32 Å². The van der Waals surface area contributed by atoms with E-state index >= 15 is 0 Å². The number of fused-ring (bicyclic) bond motifs is 1. The number of halogens is 6. The van der Waals surface area contributed by atoms with Crippen molar-refractivity contribution in [1.29, 1.82) is 0 Å². The number of hydrogen-bond acceptors (Lipinski definition) is 6. The summed E-state index contributed by atoms with van der Waals surface area (Å²) in [5.41, 5.74) is -0.814. The van der Waals surface area contributed by atoms with Crippen molar-refractivity contribution in [2.45, 2.75) is 26.4 Å². The van der Waals surface area contributed by atoms with E-state index in [1.165, 1.54) is 36.8 Å². The first-order valence-electron chi connectivity index (χ1n) is 11.5. The predicted molar refractivity (Wildman–Crippen MR) is 141 cm³/mol. The minimum absolute atomic E-state index is 0.0682. The van der Waals surface area contributed by atoms with Crippen LogP contribution in [0.5, 0.6) is 0 Å². The summed E-state index contributed by atoms with van der Waals surface area (Å²) in [5, 5.41) is 6.97. The zero-order valence-electron chi connectivity index (χ0n) is 20.4. The second kappa shape index (κ2) is 10.7. The lowest BCUT2D eigenvalue weighted by molar-refractivity contribution is 0.122. The van der Waals surface area contributed by atoms with Gasteiger partial charge in [0, 0.05) is 29.4 Å². The average molecular weight is 594 g/mol. The third-order valence-corrected chi connectivity index (χ3v) is 6.42. The van der Waals surface area contributed by atoms with Gasteiger partial charge in [-0.15, -0.1) is 0 Å². The van der Waals surface area contributed by atoms with Gasteiger partial charge in [-0.25, -0.2) is 31.7 Å². The fourth-order valence-corrected chi connectivity index (χ4v) is 4.41. The number of anilines is 2. The van der Waals surface area contributed by atoms with Gasteiger partial charge in [0.25, 0.3) is 6.43 Å². The van der Waals surface area contributed by atoms with Crippen LogP contribution < -0.4 is 16.7 Å². The summed E-state index contributed by atoms with van der Waals surface area (Å²) in [6, 6.07) is 6.00. The van der Waals surface area contributed by atoms with Crippen molar-refractivity contribution >= 4 is 45.7 Å². The number of nitrogens with one attached hydrogen (secondary N) is 1. The normalized spacial score (nSPS) is 11.5. The van der Waals surface area contributed by atoms with Crippen LogP contribution in [-0.2, 0) is 13.1 Å². The molecule has 0 atom stereocenters. The highest BCUT2D eigenvalue weighted by Gasteiger charge is 2.19. The van der Waals surface area contributed by atoms with Crippen LogP contribution in [-0.4, -0.2) is 35.3 Å². The van der Waals surface area contributed by atoms with Crippen LogP contribution in [0.3, 0.4) is 0 Å². The molecule has 3 heterocycles. The quantitative estimate of drug-likeness (QED) is 0.208. The molecule has 0 amide bonds. The van der Waals surface area contributed by atoms with Crippen molar-refractivity contribution in [3.05, 3.63) is 103 Å². The molecule has 0 aliphatic heterocycles. The molecule has 40 heavy (non-hydrogen) atoms. The lowest BCUT2D eigenvalue weighted by atomic mass is 10.2. The molecule has 0 aliphatic rings. The van der Waals surface area contributed by atoms with Gasteiger partial charge in [0.2, 0.25) is 5.95 Å². The Hall–Kier alpha value is -4.23. The third-order valence-electron chi connectivity index (χ3n) is 5.82. The number of alkyl halides is 2. The lowest BCUT2D eigenvalue weighted by Crippen LogP contribution is -2.42. The Bertz CT molecular complexity index is 1890. The van der Waals surface area contributed by atoms with E-state index < -0.39 is 42.5 Å². The first kappa shape index (κ1) is 27.3. The van der Waals surface area contributed by atoms with E-state index in [-0.39, 0.29) is 32.9 Å². The molecule has 1 N–H and O–H groups in total. The molecular formula is C25H17Cl2F4N7O2. The van der Waals surface area contributed by atoms with Crippen molar-refractivity contribution in [1.82, 2.24) is 28.9 Å². The third kappa shape index (κ3) is 5.42. The summed E-state index contributed by atoms with van der Waals surface area (Å²) in [4.78, 5) is 34.7. The highest BCUT2D eigenvalue weighted by Crippen LogP contribution is 2.30. The molecule has 5 rings (SSSR count). The molecule has 0 spiro atoms. The molecule has 0 saturated carbocycles. The Labute approximate surface area is 232 Å². The maximum absolute atomic E-state index is 14.7. The van der Waals surface area contributed by atoms with Gasteiger partial charge in [-0.05, 0) is 36.8 Å².